The lowest BCUT2D eigenvalue weighted by Crippen LogP contribution is -2.24. The molecule has 2 atom stereocenters. The van der Waals surface area contributed by atoms with Crippen molar-refractivity contribution in [1.82, 2.24) is 5.32 Å². The molecule has 2 aromatic rings. The van der Waals surface area contributed by atoms with Crippen LogP contribution < -0.4 is 11.1 Å². The predicted molar refractivity (Wildman–Crippen MR) is 93.7 cm³/mol. The van der Waals surface area contributed by atoms with E-state index >= 15 is 0 Å². The van der Waals surface area contributed by atoms with Crippen molar-refractivity contribution in [1.29, 1.82) is 0 Å². The van der Waals surface area contributed by atoms with Crippen LogP contribution in [0.5, 0.6) is 0 Å². The molecule has 1 unspecified atom stereocenters. The van der Waals surface area contributed by atoms with E-state index in [0.717, 1.165) is 12.8 Å². The first kappa shape index (κ1) is 15.8. The summed E-state index contributed by atoms with van der Waals surface area (Å²) in [4.78, 5) is 0. The molecule has 0 saturated heterocycles. The number of hydrogen-bond acceptors (Lipinski definition) is 2. The quantitative estimate of drug-likeness (QED) is 0.858. The average molecular weight is 335 g/mol. The number of hydrogen-bond donors (Lipinski definition) is 2. The van der Waals surface area contributed by atoms with Crippen LogP contribution in [0.25, 0.3) is 0 Å². The molecule has 1 aliphatic rings. The van der Waals surface area contributed by atoms with Gasteiger partial charge in [-0.25, -0.2) is 0 Å². The Bertz CT molecular complexity index is 685. The summed E-state index contributed by atoms with van der Waals surface area (Å²) in [6.45, 7) is 0.571. The van der Waals surface area contributed by atoms with Crippen LogP contribution in [0, 0.1) is 0 Å². The van der Waals surface area contributed by atoms with E-state index in [1.54, 1.807) is 0 Å². The van der Waals surface area contributed by atoms with Crippen LogP contribution in [0.2, 0.25) is 10.0 Å². The van der Waals surface area contributed by atoms with Crippen LogP contribution in [0.4, 0.5) is 0 Å². The maximum atomic E-state index is 6.20. The van der Waals surface area contributed by atoms with Crippen molar-refractivity contribution in [3.63, 3.8) is 0 Å². The molecule has 1 aliphatic carbocycles. The summed E-state index contributed by atoms with van der Waals surface area (Å²) < 4.78 is 0. The number of fused-ring (bicyclic) bond motifs is 1. The molecule has 0 fully saturated rings. The highest BCUT2D eigenvalue weighted by Crippen LogP contribution is 2.42. The fraction of sp³-hybridized carbons (Fsp3) is 0.333. The summed E-state index contributed by atoms with van der Waals surface area (Å²) in [5.41, 5.74) is 10.9. The van der Waals surface area contributed by atoms with Crippen molar-refractivity contribution in [2.24, 2.45) is 5.73 Å². The third kappa shape index (κ3) is 2.89. The van der Waals surface area contributed by atoms with Gasteiger partial charge < -0.3 is 11.1 Å². The van der Waals surface area contributed by atoms with Gasteiger partial charge >= 0.3 is 0 Å². The Morgan fingerprint density at radius 1 is 1.05 bits per heavy atom. The van der Waals surface area contributed by atoms with Gasteiger partial charge in [-0.15, -0.1) is 0 Å². The number of benzene rings is 2. The minimum absolute atomic E-state index is 0.362. The summed E-state index contributed by atoms with van der Waals surface area (Å²) >= 11 is 12.3. The van der Waals surface area contributed by atoms with Crippen LogP contribution in [-0.2, 0) is 6.54 Å². The molecule has 0 bridgehead atoms. The molecule has 0 amide bonds. The Morgan fingerprint density at radius 2 is 1.86 bits per heavy atom. The SMILES string of the molecule is CNC1CC[C@@H](c2ccc(Cl)c(Cl)c2)c2ccc(CN)cc21. The molecule has 22 heavy (non-hydrogen) atoms. The maximum Gasteiger partial charge on any atom is 0.0595 e. The van der Waals surface area contributed by atoms with Crippen molar-refractivity contribution in [2.45, 2.75) is 31.3 Å². The molecule has 4 heteroatoms. The van der Waals surface area contributed by atoms with E-state index in [0.29, 0.717) is 28.5 Å². The van der Waals surface area contributed by atoms with Gasteiger partial charge in [0.25, 0.3) is 0 Å². The Balaban J connectivity index is 2.06. The Kier molecular flexibility index (Phi) is 4.74. The van der Waals surface area contributed by atoms with E-state index in [1.807, 2.05) is 19.2 Å². The zero-order valence-corrected chi connectivity index (χ0v) is 14.1. The summed E-state index contributed by atoms with van der Waals surface area (Å²) in [7, 11) is 2.02. The Morgan fingerprint density at radius 3 is 2.55 bits per heavy atom. The van der Waals surface area contributed by atoms with Gasteiger partial charge in [0.1, 0.15) is 0 Å². The van der Waals surface area contributed by atoms with Crippen LogP contribution in [0.1, 0.15) is 47.1 Å². The molecule has 0 aliphatic heterocycles. The molecule has 0 spiro atoms. The number of halogens is 2. The zero-order valence-electron chi connectivity index (χ0n) is 12.6. The molecule has 2 nitrogen and oxygen atoms in total. The van der Waals surface area contributed by atoms with Gasteiger partial charge in [0, 0.05) is 18.5 Å². The first-order valence-electron chi connectivity index (χ1n) is 7.59. The van der Waals surface area contributed by atoms with Crippen molar-refractivity contribution < 1.29 is 0 Å². The molecule has 3 N–H and O–H groups in total. The first-order valence-corrected chi connectivity index (χ1v) is 8.34. The molecular formula is C18H20Cl2N2. The maximum absolute atomic E-state index is 6.20. The fourth-order valence-electron chi connectivity index (χ4n) is 3.39. The highest BCUT2D eigenvalue weighted by molar-refractivity contribution is 6.42. The summed E-state index contributed by atoms with van der Waals surface area (Å²) in [5, 5.41) is 4.64. The largest absolute Gasteiger partial charge is 0.326 e. The topological polar surface area (TPSA) is 38.0 Å². The van der Waals surface area contributed by atoms with E-state index in [9.17, 15) is 0 Å². The molecule has 0 heterocycles. The van der Waals surface area contributed by atoms with E-state index in [-0.39, 0.29) is 0 Å². The predicted octanol–water partition coefficient (Wildman–Crippen LogP) is 4.64. The minimum Gasteiger partial charge on any atom is -0.326 e. The van der Waals surface area contributed by atoms with Gasteiger partial charge in [-0.2, -0.15) is 0 Å². The smallest absolute Gasteiger partial charge is 0.0595 e. The van der Waals surface area contributed by atoms with E-state index in [4.69, 9.17) is 28.9 Å². The summed E-state index contributed by atoms with van der Waals surface area (Å²) in [6.07, 6.45) is 2.20. The number of nitrogens with two attached hydrogens (primary N) is 1. The Hall–Kier alpha value is -1.06. The fourth-order valence-corrected chi connectivity index (χ4v) is 3.70. The highest BCUT2D eigenvalue weighted by atomic mass is 35.5. The number of nitrogens with one attached hydrogen (secondary N) is 1. The standard InChI is InChI=1S/C18H20Cl2N2/c1-22-18-7-5-13(12-3-6-16(19)17(20)9-12)14-4-2-11(10-21)8-15(14)18/h2-4,6,8-9,13,18,22H,5,7,10,21H2,1H3/t13-,18?/m0/s1. The molecule has 116 valence electrons. The van der Waals surface area contributed by atoms with Gasteiger partial charge in [-0.05, 0) is 54.3 Å². The van der Waals surface area contributed by atoms with Crippen molar-refractivity contribution >= 4 is 23.2 Å². The van der Waals surface area contributed by atoms with Crippen LogP contribution in [-0.4, -0.2) is 7.05 Å². The zero-order chi connectivity index (χ0) is 15.7. The molecule has 3 rings (SSSR count). The molecule has 2 aromatic carbocycles. The van der Waals surface area contributed by atoms with Gasteiger partial charge in [0.15, 0.2) is 0 Å². The second-order valence-corrected chi connectivity index (χ2v) is 6.63. The monoisotopic (exact) mass is 334 g/mol. The van der Waals surface area contributed by atoms with Crippen molar-refractivity contribution in [3.8, 4) is 0 Å². The lowest BCUT2D eigenvalue weighted by atomic mass is 9.76. The molecule has 0 saturated carbocycles. The van der Waals surface area contributed by atoms with Crippen molar-refractivity contribution in [2.75, 3.05) is 7.05 Å². The lowest BCUT2D eigenvalue weighted by molar-refractivity contribution is 0.470. The molecular weight excluding hydrogens is 315 g/mol. The van der Waals surface area contributed by atoms with Crippen LogP contribution in [0.15, 0.2) is 36.4 Å². The van der Waals surface area contributed by atoms with Gasteiger partial charge in [-0.1, -0.05) is 47.5 Å². The summed E-state index contributed by atoms with van der Waals surface area (Å²) in [6, 6.07) is 12.9. The van der Waals surface area contributed by atoms with Crippen LogP contribution in [0.3, 0.4) is 0 Å². The van der Waals surface area contributed by atoms with E-state index < -0.39 is 0 Å². The molecule has 0 aromatic heterocycles. The molecule has 0 radical (unpaired) electrons. The number of rotatable bonds is 3. The normalized spacial score (nSPS) is 20.7. The van der Waals surface area contributed by atoms with E-state index in [2.05, 4.69) is 29.6 Å². The van der Waals surface area contributed by atoms with E-state index in [1.165, 1.54) is 22.3 Å². The lowest BCUT2D eigenvalue weighted by Gasteiger charge is -2.32. The highest BCUT2D eigenvalue weighted by Gasteiger charge is 2.27. The Labute approximate surface area is 141 Å². The van der Waals surface area contributed by atoms with Gasteiger partial charge in [0.2, 0.25) is 0 Å². The second kappa shape index (κ2) is 6.59. The second-order valence-electron chi connectivity index (χ2n) is 5.81. The van der Waals surface area contributed by atoms with Gasteiger partial charge in [-0.3, -0.25) is 0 Å². The minimum atomic E-state index is 0.362. The van der Waals surface area contributed by atoms with Gasteiger partial charge in [0.05, 0.1) is 10.0 Å². The average Bonchev–Trinajstić information content (AvgIpc) is 2.55. The third-order valence-electron chi connectivity index (χ3n) is 4.58. The summed E-state index contributed by atoms with van der Waals surface area (Å²) in [5.74, 6) is 0.362. The van der Waals surface area contributed by atoms with Crippen molar-refractivity contribution in [3.05, 3.63) is 68.7 Å². The van der Waals surface area contributed by atoms with Crippen LogP contribution >= 0.6 is 23.2 Å². The third-order valence-corrected chi connectivity index (χ3v) is 5.32. The first-order chi connectivity index (χ1) is 10.6.